The van der Waals surface area contributed by atoms with Gasteiger partial charge in [0, 0.05) is 31.9 Å². The van der Waals surface area contributed by atoms with Crippen LogP contribution in [0.2, 0.25) is 0 Å². The van der Waals surface area contributed by atoms with Crippen LogP contribution in [0.4, 0.5) is 10.1 Å². The second-order valence-corrected chi connectivity index (χ2v) is 6.65. The second-order valence-electron chi connectivity index (χ2n) is 6.65. The van der Waals surface area contributed by atoms with Gasteiger partial charge in [-0.1, -0.05) is 12.1 Å². The molecule has 3 rings (SSSR count). The molecule has 6 nitrogen and oxygen atoms in total. The lowest BCUT2D eigenvalue weighted by molar-refractivity contribution is -0.133. The standard InChI is InChI=1S/C21H24FN3O3/c1-28-19-8-2-16(3-9-19)14-20(26)23-15-21(27)25-12-10-24(11-13-25)18-6-4-17(22)5-7-18/h2-9H,10-15H2,1H3,(H,23,26). The summed E-state index contributed by atoms with van der Waals surface area (Å²) in [5.41, 5.74) is 1.81. The van der Waals surface area contributed by atoms with Gasteiger partial charge in [0.2, 0.25) is 11.8 Å². The summed E-state index contributed by atoms with van der Waals surface area (Å²) < 4.78 is 18.1. The molecule has 0 aliphatic carbocycles. The topological polar surface area (TPSA) is 61.9 Å². The van der Waals surface area contributed by atoms with Crippen LogP contribution in [0.25, 0.3) is 0 Å². The van der Waals surface area contributed by atoms with Gasteiger partial charge in [-0.25, -0.2) is 4.39 Å². The van der Waals surface area contributed by atoms with Crippen LogP contribution >= 0.6 is 0 Å². The Kier molecular flexibility index (Phi) is 6.47. The van der Waals surface area contributed by atoms with Gasteiger partial charge in [0.25, 0.3) is 0 Å². The van der Waals surface area contributed by atoms with Crippen LogP contribution in [0.15, 0.2) is 48.5 Å². The van der Waals surface area contributed by atoms with E-state index in [-0.39, 0.29) is 30.6 Å². The Balaban J connectivity index is 1.41. The predicted molar refractivity (Wildman–Crippen MR) is 105 cm³/mol. The maximum absolute atomic E-state index is 13.0. The predicted octanol–water partition coefficient (Wildman–Crippen LogP) is 1.84. The number of rotatable bonds is 6. The highest BCUT2D eigenvalue weighted by Gasteiger charge is 2.21. The third kappa shape index (κ3) is 5.22. The smallest absolute Gasteiger partial charge is 0.242 e. The third-order valence-electron chi connectivity index (χ3n) is 4.78. The molecule has 0 spiro atoms. The molecule has 0 saturated carbocycles. The molecule has 1 saturated heterocycles. The Bertz CT molecular complexity index is 801. The molecule has 1 aliphatic heterocycles. The number of methoxy groups -OCH3 is 1. The van der Waals surface area contributed by atoms with Gasteiger partial charge in [-0.15, -0.1) is 0 Å². The number of hydrogen-bond acceptors (Lipinski definition) is 4. The summed E-state index contributed by atoms with van der Waals surface area (Å²) in [6, 6.07) is 13.6. The molecule has 1 heterocycles. The van der Waals surface area contributed by atoms with Gasteiger partial charge in [0.15, 0.2) is 0 Å². The summed E-state index contributed by atoms with van der Waals surface area (Å²) in [4.78, 5) is 28.3. The molecular weight excluding hydrogens is 361 g/mol. The average Bonchev–Trinajstić information content (AvgIpc) is 2.73. The number of ether oxygens (including phenoxy) is 1. The van der Waals surface area contributed by atoms with E-state index in [9.17, 15) is 14.0 Å². The molecule has 148 valence electrons. The Morgan fingerprint density at radius 1 is 1.00 bits per heavy atom. The lowest BCUT2D eigenvalue weighted by Gasteiger charge is -2.36. The van der Waals surface area contributed by atoms with Gasteiger partial charge in [0.1, 0.15) is 11.6 Å². The van der Waals surface area contributed by atoms with Gasteiger partial charge in [-0.05, 0) is 42.0 Å². The number of piperazine rings is 1. The Hall–Kier alpha value is -3.09. The number of nitrogens with one attached hydrogen (secondary N) is 1. The van der Waals surface area contributed by atoms with Gasteiger partial charge in [-0.3, -0.25) is 9.59 Å². The van der Waals surface area contributed by atoms with Crippen LogP contribution in [-0.4, -0.2) is 56.5 Å². The lowest BCUT2D eigenvalue weighted by Crippen LogP contribution is -2.51. The van der Waals surface area contributed by atoms with Gasteiger partial charge < -0.3 is 19.9 Å². The van der Waals surface area contributed by atoms with Gasteiger partial charge >= 0.3 is 0 Å². The SMILES string of the molecule is COc1ccc(CC(=O)NCC(=O)N2CCN(c3ccc(F)cc3)CC2)cc1. The second kappa shape index (κ2) is 9.21. The minimum atomic E-state index is -0.261. The quantitative estimate of drug-likeness (QED) is 0.824. The largest absolute Gasteiger partial charge is 0.497 e. The monoisotopic (exact) mass is 385 g/mol. The fourth-order valence-electron chi connectivity index (χ4n) is 3.14. The first-order valence-corrected chi connectivity index (χ1v) is 9.23. The van der Waals surface area contributed by atoms with E-state index in [1.54, 1.807) is 36.3 Å². The highest BCUT2D eigenvalue weighted by Crippen LogP contribution is 2.17. The van der Waals surface area contributed by atoms with Crippen LogP contribution in [0.3, 0.4) is 0 Å². The van der Waals surface area contributed by atoms with Crippen LogP contribution in [0.5, 0.6) is 5.75 Å². The molecule has 1 fully saturated rings. The number of carbonyl (C=O) groups excluding carboxylic acids is 2. The maximum atomic E-state index is 13.0. The molecule has 7 heteroatoms. The van der Waals surface area contributed by atoms with Crippen molar-refractivity contribution in [3.63, 3.8) is 0 Å². The van der Waals surface area contributed by atoms with E-state index in [0.717, 1.165) is 17.0 Å². The van der Waals surface area contributed by atoms with E-state index < -0.39 is 0 Å². The van der Waals surface area contributed by atoms with Crippen LogP contribution < -0.4 is 15.0 Å². The van der Waals surface area contributed by atoms with Crippen molar-refractivity contribution in [1.29, 1.82) is 0 Å². The van der Waals surface area contributed by atoms with Gasteiger partial charge in [-0.2, -0.15) is 0 Å². The van der Waals surface area contributed by atoms with E-state index in [1.165, 1.54) is 12.1 Å². The number of benzene rings is 2. The van der Waals surface area contributed by atoms with Crippen molar-refractivity contribution in [2.45, 2.75) is 6.42 Å². The molecule has 0 radical (unpaired) electrons. The molecule has 2 amide bonds. The molecular formula is C21H24FN3O3. The van der Waals surface area contributed by atoms with E-state index in [2.05, 4.69) is 10.2 Å². The van der Waals surface area contributed by atoms with Crippen molar-refractivity contribution in [3.8, 4) is 5.75 Å². The lowest BCUT2D eigenvalue weighted by atomic mass is 10.1. The zero-order valence-electron chi connectivity index (χ0n) is 15.9. The normalized spacial score (nSPS) is 13.9. The average molecular weight is 385 g/mol. The molecule has 28 heavy (non-hydrogen) atoms. The number of hydrogen-bond donors (Lipinski definition) is 1. The summed E-state index contributed by atoms with van der Waals surface area (Å²) in [7, 11) is 1.59. The van der Waals surface area contributed by atoms with Crippen molar-refractivity contribution in [2.75, 3.05) is 44.7 Å². The van der Waals surface area contributed by atoms with Gasteiger partial charge in [0.05, 0.1) is 20.1 Å². The molecule has 0 unspecified atom stereocenters. The maximum Gasteiger partial charge on any atom is 0.242 e. The summed E-state index contributed by atoms with van der Waals surface area (Å²) >= 11 is 0. The number of amides is 2. The Labute approximate surface area is 163 Å². The minimum absolute atomic E-state index is 0.00840. The molecule has 1 aliphatic rings. The van der Waals surface area contributed by atoms with Crippen LogP contribution in [-0.2, 0) is 16.0 Å². The van der Waals surface area contributed by atoms with Crippen molar-refractivity contribution in [1.82, 2.24) is 10.2 Å². The summed E-state index contributed by atoms with van der Waals surface area (Å²) in [6.07, 6.45) is 0.218. The van der Waals surface area contributed by atoms with E-state index in [0.29, 0.717) is 26.2 Å². The number of halogens is 1. The summed E-state index contributed by atoms with van der Waals surface area (Å²) in [6.45, 7) is 2.50. The third-order valence-corrected chi connectivity index (χ3v) is 4.78. The Morgan fingerprint density at radius 3 is 2.25 bits per heavy atom. The van der Waals surface area contributed by atoms with Crippen molar-refractivity contribution < 1.29 is 18.7 Å². The fraction of sp³-hybridized carbons (Fsp3) is 0.333. The number of carbonyl (C=O) groups is 2. The summed E-state index contributed by atoms with van der Waals surface area (Å²) in [5, 5.41) is 2.69. The van der Waals surface area contributed by atoms with Crippen LogP contribution in [0.1, 0.15) is 5.56 Å². The van der Waals surface area contributed by atoms with E-state index in [4.69, 9.17) is 4.74 Å². The zero-order valence-corrected chi connectivity index (χ0v) is 15.9. The fourth-order valence-corrected chi connectivity index (χ4v) is 3.14. The minimum Gasteiger partial charge on any atom is -0.497 e. The van der Waals surface area contributed by atoms with Crippen molar-refractivity contribution >= 4 is 17.5 Å². The molecule has 2 aromatic rings. The van der Waals surface area contributed by atoms with E-state index in [1.807, 2.05) is 12.1 Å². The highest BCUT2D eigenvalue weighted by molar-refractivity contribution is 5.85. The molecule has 2 aromatic carbocycles. The van der Waals surface area contributed by atoms with Crippen molar-refractivity contribution in [3.05, 3.63) is 59.9 Å². The first-order valence-electron chi connectivity index (χ1n) is 9.23. The van der Waals surface area contributed by atoms with Crippen molar-refractivity contribution in [2.24, 2.45) is 0 Å². The molecule has 1 N–H and O–H groups in total. The number of nitrogens with zero attached hydrogens (tertiary/aromatic N) is 2. The van der Waals surface area contributed by atoms with E-state index >= 15 is 0 Å². The number of anilines is 1. The highest BCUT2D eigenvalue weighted by atomic mass is 19.1. The molecule has 0 atom stereocenters. The molecule has 0 aromatic heterocycles. The first kappa shape index (κ1) is 19.7. The van der Waals surface area contributed by atoms with Crippen LogP contribution in [0, 0.1) is 5.82 Å². The first-order chi connectivity index (χ1) is 13.5. The Morgan fingerprint density at radius 2 is 1.64 bits per heavy atom. The summed E-state index contributed by atoms with van der Waals surface area (Å²) in [5.74, 6) is 0.187. The zero-order chi connectivity index (χ0) is 19.9. The molecule has 0 bridgehead atoms.